The van der Waals surface area contributed by atoms with Gasteiger partial charge in [0.05, 0.1) is 18.9 Å². The molecule has 1 fully saturated rings. The highest BCUT2D eigenvalue weighted by atomic mass is 32.1. The third kappa shape index (κ3) is 2.91. The largest absolute Gasteiger partial charge is 0.465 e. The van der Waals surface area contributed by atoms with Gasteiger partial charge in [-0.25, -0.2) is 4.79 Å². The second-order valence-corrected chi connectivity index (χ2v) is 5.75. The number of nitriles is 1. The van der Waals surface area contributed by atoms with Crippen LogP contribution in [0.15, 0.2) is 5.38 Å². The number of carbonyl (C=O) groups is 2. The summed E-state index contributed by atoms with van der Waals surface area (Å²) >= 11 is 1.21. The summed E-state index contributed by atoms with van der Waals surface area (Å²) in [6.07, 6.45) is 0.706. The maximum atomic E-state index is 12.5. The molecule has 21 heavy (non-hydrogen) atoms. The maximum Gasteiger partial charge on any atom is 0.350 e. The number of nitrogens with zero attached hydrogens (tertiary/aromatic N) is 1. The standard InChI is InChI=1S/C14H16N2O4S/c1-9-7-21-11(12(17)19-2)10(9)16-13(18)14(8-15)3-5-20-6-4-14/h7H,3-6H2,1-2H3,(H,16,18). The Morgan fingerprint density at radius 1 is 1.48 bits per heavy atom. The van der Waals surface area contributed by atoms with Crippen LogP contribution >= 0.6 is 11.3 Å². The summed E-state index contributed by atoms with van der Waals surface area (Å²) in [4.78, 5) is 24.5. The molecule has 1 N–H and O–H groups in total. The predicted octanol–water partition coefficient (Wildman–Crippen LogP) is 2.10. The number of rotatable bonds is 3. The Morgan fingerprint density at radius 2 is 2.14 bits per heavy atom. The van der Waals surface area contributed by atoms with Crippen LogP contribution in [0.5, 0.6) is 0 Å². The molecule has 1 aliphatic rings. The van der Waals surface area contributed by atoms with Crippen molar-refractivity contribution in [1.29, 1.82) is 5.26 Å². The van der Waals surface area contributed by atoms with E-state index in [0.29, 0.717) is 36.6 Å². The normalized spacial score (nSPS) is 16.8. The number of hydrogen-bond donors (Lipinski definition) is 1. The van der Waals surface area contributed by atoms with E-state index in [0.717, 1.165) is 5.56 Å². The molecule has 0 aliphatic carbocycles. The van der Waals surface area contributed by atoms with Crippen LogP contribution in [-0.4, -0.2) is 32.2 Å². The third-order valence-electron chi connectivity index (χ3n) is 3.58. The first kappa shape index (κ1) is 15.5. The quantitative estimate of drug-likeness (QED) is 0.864. The Kier molecular flexibility index (Phi) is 4.60. The lowest BCUT2D eigenvalue weighted by molar-refractivity contribution is -0.126. The molecule has 2 heterocycles. The number of methoxy groups -OCH3 is 1. The van der Waals surface area contributed by atoms with Crippen molar-refractivity contribution in [3.8, 4) is 6.07 Å². The average Bonchev–Trinajstić information content (AvgIpc) is 2.88. The first-order valence-corrected chi connectivity index (χ1v) is 7.39. The molecule has 6 nitrogen and oxygen atoms in total. The van der Waals surface area contributed by atoms with Crippen LogP contribution in [0, 0.1) is 23.7 Å². The molecule has 0 radical (unpaired) electrons. The summed E-state index contributed by atoms with van der Waals surface area (Å²) < 4.78 is 9.92. The number of carbonyl (C=O) groups excluding carboxylic acids is 2. The van der Waals surface area contributed by atoms with E-state index in [1.165, 1.54) is 18.4 Å². The van der Waals surface area contributed by atoms with Gasteiger partial charge in [0.25, 0.3) is 0 Å². The van der Waals surface area contributed by atoms with Gasteiger partial charge in [0.1, 0.15) is 10.3 Å². The number of anilines is 1. The number of esters is 1. The molecule has 0 unspecified atom stereocenters. The van der Waals surface area contributed by atoms with Crippen LogP contribution in [0.1, 0.15) is 28.1 Å². The van der Waals surface area contributed by atoms with E-state index >= 15 is 0 Å². The van der Waals surface area contributed by atoms with Crippen LogP contribution in [0.25, 0.3) is 0 Å². The zero-order valence-corrected chi connectivity index (χ0v) is 12.7. The average molecular weight is 308 g/mol. The topological polar surface area (TPSA) is 88.4 Å². The molecule has 2 rings (SSSR count). The zero-order chi connectivity index (χ0) is 15.5. The van der Waals surface area contributed by atoms with Gasteiger partial charge in [-0.15, -0.1) is 11.3 Å². The molecular weight excluding hydrogens is 292 g/mol. The first-order chi connectivity index (χ1) is 10.0. The summed E-state index contributed by atoms with van der Waals surface area (Å²) in [5.41, 5.74) is 0.104. The fourth-order valence-corrected chi connectivity index (χ4v) is 3.11. The van der Waals surface area contributed by atoms with Crippen molar-refractivity contribution in [3.63, 3.8) is 0 Å². The molecule has 0 atom stereocenters. The van der Waals surface area contributed by atoms with Gasteiger partial charge < -0.3 is 14.8 Å². The van der Waals surface area contributed by atoms with E-state index in [9.17, 15) is 14.9 Å². The Balaban J connectivity index is 2.25. The van der Waals surface area contributed by atoms with Crippen molar-refractivity contribution in [1.82, 2.24) is 0 Å². The van der Waals surface area contributed by atoms with Gasteiger partial charge in [0.2, 0.25) is 5.91 Å². The van der Waals surface area contributed by atoms with Crippen molar-refractivity contribution in [2.24, 2.45) is 5.41 Å². The van der Waals surface area contributed by atoms with Crippen LogP contribution in [0.4, 0.5) is 5.69 Å². The van der Waals surface area contributed by atoms with Crippen LogP contribution in [0.2, 0.25) is 0 Å². The molecule has 1 aliphatic heterocycles. The smallest absolute Gasteiger partial charge is 0.350 e. The molecule has 1 aromatic rings. The van der Waals surface area contributed by atoms with E-state index in [1.54, 1.807) is 12.3 Å². The molecular formula is C14H16N2O4S. The maximum absolute atomic E-state index is 12.5. The minimum Gasteiger partial charge on any atom is -0.465 e. The van der Waals surface area contributed by atoms with Gasteiger partial charge in [-0.1, -0.05) is 0 Å². The van der Waals surface area contributed by atoms with E-state index in [1.807, 2.05) is 0 Å². The molecule has 1 amide bonds. The van der Waals surface area contributed by atoms with Crippen molar-refractivity contribution < 1.29 is 19.1 Å². The SMILES string of the molecule is COC(=O)c1scc(C)c1NC(=O)C1(C#N)CCOCC1. The molecule has 0 spiro atoms. The van der Waals surface area contributed by atoms with Gasteiger partial charge in [-0.05, 0) is 30.7 Å². The summed E-state index contributed by atoms with van der Waals surface area (Å²) in [6.45, 7) is 2.56. The Hall–Kier alpha value is -1.91. The van der Waals surface area contributed by atoms with E-state index in [4.69, 9.17) is 9.47 Å². The lowest BCUT2D eigenvalue weighted by Gasteiger charge is -2.29. The summed E-state index contributed by atoms with van der Waals surface area (Å²) in [6, 6.07) is 2.11. The van der Waals surface area contributed by atoms with Gasteiger partial charge in [0, 0.05) is 13.2 Å². The molecule has 1 aromatic heterocycles. The second-order valence-electron chi connectivity index (χ2n) is 4.87. The van der Waals surface area contributed by atoms with Crippen LogP contribution in [-0.2, 0) is 14.3 Å². The number of nitrogens with one attached hydrogen (secondary N) is 1. The van der Waals surface area contributed by atoms with Crippen LogP contribution < -0.4 is 5.32 Å². The highest BCUT2D eigenvalue weighted by molar-refractivity contribution is 7.12. The lowest BCUT2D eigenvalue weighted by atomic mass is 9.81. The molecule has 1 saturated heterocycles. The van der Waals surface area contributed by atoms with Crippen molar-refractivity contribution in [3.05, 3.63) is 15.8 Å². The van der Waals surface area contributed by atoms with E-state index in [2.05, 4.69) is 11.4 Å². The Bertz CT molecular complexity index is 597. The minimum atomic E-state index is -1.10. The molecule has 112 valence electrons. The molecule has 0 bridgehead atoms. The van der Waals surface area contributed by atoms with Crippen molar-refractivity contribution in [2.75, 3.05) is 25.6 Å². The Morgan fingerprint density at radius 3 is 2.71 bits per heavy atom. The van der Waals surface area contributed by atoms with Crippen molar-refractivity contribution in [2.45, 2.75) is 19.8 Å². The number of hydrogen-bond acceptors (Lipinski definition) is 6. The van der Waals surface area contributed by atoms with E-state index in [-0.39, 0.29) is 5.91 Å². The van der Waals surface area contributed by atoms with Crippen molar-refractivity contribution >= 4 is 28.9 Å². The second kappa shape index (κ2) is 6.24. The molecule has 0 aromatic carbocycles. The lowest BCUT2D eigenvalue weighted by Crippen LogP contribution is -2.40. The van der Waals surface area contributed by atoms with Gasteiger partial charge in [-0.3, -0.25) is 4.79 Å². The first-order valence-electron chi connectivity index (χ1n) is 6.51. The number of aryl methyl sites for hydroxylation is 1. The van der Waals surface area contributed by atoms with Crippen LogP contribution in [0.3, 0.4) is 0 Å². The monoisotopic (exact) mass is 308 g/mol. The fraction of sp³-hybridized carbons (Fsp3) is 0.500. The third-order valence-corrected chi connectivity index (χ3v) is 4.66. The predicted molar refractivity (Wildman–Crippen MR) is 77.1 cm³/mol. The summed E-state index contributed by atoms with van der Waals surface area (Å²) in [5.74, 6) is -0.888. The highest BCUT2D eigenvalue weighted by Crippen LogP contribution is 2.34. The van der Waals surface area contributed by atoms with E-state index < -0.39 is 11.4 Å². The summed E-state index contributed by atoms with van der Waals surface area (Å²) in [7, 11) is 1.29. The minimum absolute atomic E-state index is 0.337. The Labute approximate surface area is 126 Å². The molecule has 7 heteroatoms. The molecule has 0 saturated carbocycles. The summed E-state index contributed by atoms with van der Waals surface area (Å²) in [5, 5.41) is 13.9. The highest BCUT2D eigenvalue weighted by Gasteiger charge is 2.41. The van der Waals surface area contributed by atoms with Gasteiger partial charge >= 0.3 is 5.97 Å². The van der Waals surface area contributed by atoms with Gasteiger partial charge in [-0.2, -0.15) is 5.26 Å². The number of amides is 1. The number of ether oxygens (including phenoxy) is 2. The fourth-order valence-electron chi connectivity index (χ4n) is 2.19. The number of thiophene rings is 1. The zero-order valence-electron chi connectivity index (χ0n) is 11.9. The van der Waals surface area contributed by atoms with Gasteiger partial charge in [0.15, 0.2) is 0 Å².